The van der Waals surface area contributed by atoms with Crippen molar-refractivity contribution in [1.29, 1.82) is 0 Å². The minimum atomic E-state index is -1.98. The van der Waals surface area contributed by atoms with Crippen molar-refractivity contribution in [3.05, 3.63) is 0 Å². The van der Waals surface area contributed by atoms with Crippen LogP contribution in [-0.2, 0) is 33.3 Å². The molecule has 1 unspecified atom stereocenters. The summed E-state index contributed by atoms with van der Waals surface area (Å²) in [5, 5.41) is 9.46. The molecule has 0 saturated heterocycles. The van der Waals surface area contributed by atoms with Crippen LogP contribution in [0.3, 0.4) is 0 Å². The Balaban J connectivity index is 5.43. The van der Waals surface area contributed by atoms with Crippen molar-refractivity contribution in [2.24, 2.45) is 0 Å². The van der Waals surface area contributed by atoms with Crippen LogP contribution in [0.4, 0.5) is 0 Å². The molecule has 0 aliphatic heterocycles. The molecule has 0 fully saturated rings. The van der Waals surface area contributed by atoms with Gasteiger partial charge in [0, 0.05) is 0 Å². The Labute approximate surface area is 129 Å². The van der Waals surface area contributed by atoms with E-state index in [0.717, 1.165) is 0 Å². The van der Waals surface area contributed by atoms with Gasteiger partial charge in [0.25, 0.3) is 0 Å². The maximum absolute atomic E-state index is 12.2. The molecule has 8 heteroatoms. The van der Waals surface area contributed by atoms with Gasteiger partial charge in [-0.1, -0.05) is 0 Å². The Morgan fingerprint density at radius 1 is 0.909 bits per heavy atom. The lowest BCUT2D eigenvalue weighted by atomic mass is 9.95. The van der Waals surface area contributed by atoms with Crippen LogP contribution >= 0.6 is 0 Å². The van der Waals surface area contributed by atoms with Gasteiger partial charge < -0.3 is 24.1 Å². The average Bonchev–Trinajstić information content (AvgIpc) is 2.38. The molecule has 0 radical (unpaired) electrons. The molecule has 0 aliphatic rings. The maximum Gasteiger partial charge on any atom is 0.339 e. The Hall–Kier alpha value is -1.67. The van der Waals surface area contributed by atoms with Crippen molar-refractivity contribution in [2.75, 3.05) is 19.8 Å². The molecule has 0 aromatic heterocycles. The van der Waals surface area contributed by atoms with Crippen molar-refractivity contribution < 1.29 is 38.4 Å². The van der Waals surface area contributed by atoms with E-state index in [0.29, 0.717) is 0 Å². The van der Waals surface area contributed by atoms with Gasteiger partial charge in [0.2, 0.25) is 0 Å². The van der Waals surface area contributed by atoms with E-state index in [1.807, 2.05) is 0 Å². The van der Waals surface area contributed by atoms with Gasteiger partial charge in [0.05, 0.1) is 32.7 Å². The summed E-state index contributed by atoms with van der Waals surface area (Å²) in [6, 6.07) is 0. The standard InChI is InChI=1S/C14H24O8/c1-5-19-11(16)8-14(22-10(4)15,13(18)21-7-3)9-12(17)20-6-2/h10,15H,5-9H2,1-4H3. The van der Waals surface area contributed by atoms with E-state index in [-0.39, 0.29) is 19.8 Å². The highest BCUT2D eigenvalue weighted by atomic mass is 16.6. The second-order valence-electron chi connectivity index (χ2n) is 4.40. The molecule has 8 nitrogen and oxygen atoms in total. The van der Waals surface area contributed by atoms with E-state index in [2.05, 4.69) is 0 Å². The van der Waals surface area contributed by atoms with Crippen LogP contribution in [0.15, 0.2) is 0 Å². The van der Waals surface area contributed by atoms with Crippen LogP contribution in [-0.4, -0.2) is 54.7 Å². The van der Waals surface area contributed by atoms with Gasteiger partial charge in [0.15, 0.2) is 11.9 Å². The highest BCUT2D eigenvalue weighted by Crippen LogP contribution is 2.26. The van der Waals surface area contributed by atoms with E-state index in [1.54, 1.807) is 20.8 Å². The van der Waals surface area contributed by atoms with Crippen LogP contribution in [0.1, 0.15) is 40.5 Å². The highest BCUT2D eigenvalue weighted by molar-refractivity contribution is 5.90. The van der Waals surface area contributed by atoms with Gasteiger partial charge in [-0.25, -0.2) is 4.79 Å². The Bertz CT molecular complexity index is 357. The summed E-state index contributed by atoms with van der Waals surface area (Å²) in [4.78, 5) is 35.7. The normalized spacial score (nSPS) is 12.4. The number of carbonyl (C=O) groups is 3. The van der Waals surface area contributed by atoms with Gasteiger partial charge in [-0.3, -0.25) is 9.59 Å². The predicted molar refractivity (Wildman–Crippen MR) is 74.6 cm³/mol. The number of aliphatic hydroxyl groups excluding tert-OH is 1. The van der Waals surface area contributed by atoms with Crippen molar-refractivity contribution in [3.63, 3.8) is 0 Å². The van der Waals surface area contributed by atoms with Gasteiger partial charge in [0.1, 0.15) is 0 Å². The highest BCUT2D eigenvalue weighted by Gasteiger charge is 2.47. The molecular formula is C14H24O8. The van der Waals surface area contributed by atoms with Crippen LogP contribution in [0.2, 0.25) is 0 Å². The second kappa shape index (κ2) is 10.1. The lowest BCUT2D eigenvalue weighted by molar-refractivity contribution is -0.214. The van der Waals surface area contributed by atoms with E-state index in [4.69, 9.17) is 18.9 Å². The zero-order valence-corrected chi connectivity index (χ0v) is 13.4. The molecule has 0 aliphatic carbocycles. The number of carbonyl (C=O) groups excluding carboxylic acids is 3. The zero-order valence-electron chi connectivity index (χ0n) is 13.4. The lowest BCUT2D eigenvalue weighted by Gasteiger charge is -2.31. The van der Waals surface area contributed by atoms with Crippen LogP contribution < -0.4 is 0 Å². The fraction of sp³-hybridized carbons (Fsp3) is 0.786. The number of hydrogen-bond donors (Lipinski definition) is 1. The van der Waals surface area contributed by atoms with Crippen molar-refractivity contribution in [3.8, 4) is 0 Å². The molecule has 22 heavy (non-hydrogen) atoms. The molecule has 0 aromatic carbocycles. The Morgan fingerprint density at radius 2 is 1.32 bits per heavy atom. The van der Waals surface area contributed by atoms with E-state index >= 15 is 0 Å². The van der Waals surface area contributed by atoms with Crippen molar-refractivity contribution >= 4 is 17.9 Å². The maximum atomic E-state index is 12.2. The molecular weight excluding hydrogens is 296 g/mol. The fourth-order valence-corrected chi connectivity index (χ4v) is 1.82. The third kappa shape index (κ3) is 6.86. The largest absolute Gasteiger partial charge is 0.466 e. The third-order valence-corrected chi connectivity index (χ3v) is 2.51. The SMILES string of the molecule is CCOC(=O)CC(CC(=O)OCC)(OC(C)O)C(=O)OCC. The average molecular weight is 320 g/mol. The third-order valence-electron chi connectivity index (χ3n) is 2.51. The van der Waals surface area contributed by atoms with Crippen LogP contribution in [0.25, 0.3) is 0 Å². The van der Waals surface area contributed by atoms with E-state index in [9.17, 15) is 19.5 Å². The first kappa shape index (κ1) is 20.3. The van der Waals surface area contributed by atoms with Gasteiger partial charge >= 0.3 is 17.9 Å². The zero-order chi connectivity index (χ0) is 17.2. The molecule has 0 aromatic rings. The van der Waals surface area contributed by atoms with Gasteiger partial charge in [-0.05, 0) is 27.7 Å². The fourth-order valence-electron chi connectivity index (χ4n) is 1.82. The minimum absolute atomic E-state index is 0.0232. The summed E-state index contributed by atoms with van der Waals surface area (Å²) < 4.78 is 19.6. The predicted octanol–water partition coefficient (Wildman–Crippen LogP) is 0.550. The number of rotatable bonds is 10. The molecule has 128 valence electrons. The Morgan fingerprint density at radius 3 is 1.64 bits per heavy atom. The molecule has 1 atom stereocenters. The monoisotopic (exact) mass is 320 g/mol. The number of esters is 3. The van der Waals surface area contributed by atoms with Gasteiger partial charge in [-0.15, -0.1) is 0 Å². The quantitative estimate of drug-likeness (QED) is 0.353. The minimum Gasteiger partial charge on any atom is -0.466 e. The Kier molecular flexibility index (Phi) is 9.35. The number of hydrogen-bond acceptors (Lipinski definition) is 8. The number of ether oxygens (including phenoxy) is 4. The molecule has 0 bridgehead atoms. The molecule has 0 amide bonds. The molecule has 0 saturated carbocycles. The summed E-state index contributed by atoms with van der Waals surface area (Å²) in [5.41, 5.74) is -1.98. The molecule has 0 spiro atoms. The van der Waals surface area contributed by atoms with Crippen LogP contribution in [0, 0.1) is 0 Å². The lowest BCUT2D eigenvalue weighted by Crippen LogP contribution is -2.49. The second-order valence-corrected chi connectivity index (χ2v) is 4.40. The van der Waals surface area contributed by atoms with Crippen molar-refractivity contribution in [2.45, 2.75) is 52.4 Å². The molecule has 1 N–H and O–H groups in total. The molecule has 0 heterocycles. The summed E-state index contributed by atoms with van der Waals surface area (Å²) in [6.07, 6.45) is -2.53. The van der Waals surface area contributed by atoms with E-state index in [1.165, 1.54) is 6.92 Å². The molecule has 0 rings (SSSR count). The summed E-state index contributed by atoms with van der Waals surface area (Å²) in [6.45, 7) is 6.26. The smallest absolute Gasteiger partial charge is 0.339 e. The number of aliphatic hydroxyl groups is 1. The van der Waals surface area contributed by atoms with Crippen molar-refractivity contribution in [1.82, 2.24) is 0 Å². The first-order valence-corrected chi connectivity index (χ1v) is 7.15. The first-order valence-electron chi connectivity index (χ1n) is 7.15. The first-order chi connectivity index (χ1) is 10.3. The topological polar surface area (TPSA) is 108 Å². The summed E-state index contributed by atoms with van der Waals surface area (Å²) in [5.74, 6) is -2.43. The summed E-state index contributed by atoms with van der Waals surface area (Å²) in [7, 11) is 0. The van der Waals surface area contributed by atoms with Crippen LogP contribution in [0.5, 0.6) is 0 Å². The van der Waals surface area contributed by atoms with Gasteiger partial charge in [-0.2, -0.15) is 0 Å². The van der Waals surface area contributed by atoms with E-state index < -0.39 is 42.6 Å². The summed E-state index contributed by atoms with van der Waals surface area (Å²) >= 11 is 0.